The van der Waals surface area contributed by atoms with Gasteiger partial charge in [0.05, 0.1) is 5.75 Å². The average Bonchev–Trinajstić information content (AvgIpc) is 2.88. The van der Waals surface area contributed by atoms with Crippen molar-refractivity contribution >= 4 is 10.0 Å². The zero-order valence-electron chi connectivity index (χ0n) is 12.3. The molecule has 1 saturated heterocycles. The number of hydrogen-bond acceptors (Lipinski definition) is 3. The maximum absolute atomic E-state index is 12.4. The fourth-order valence-electron chi connectivity index (χ4n) is 2.72. The van der Waals surface area contributed by atoms with Crippen molar-refractivity contribution in [2.24, 2.45) is 5.92 Å². The average molecular weight is 296 g/mol. The molecule has 1 fully saturated rings. The first-order valence-electron chi connectivity index (χ1n) is 7.25. The molecule has 1 heterocycles. The van der Waals surface area contributed by atoms with Gasteiger partial charge in [-0.1, -0.05) is 37.6 Å². The summed E-state index contributed by atoms with van der Waals surface area (Å²) in [6.07, 6.45) is 2.05. The molecule has 0 saturated carbocycles. The van der Waals surface area contributed by atoms with E-state index in [0.29, 0.717) is 19.0 Å². The van der Waals surface area contributed by atoms with Crippen LogP contribution in [0.3, 0.4) is 0 Å². The first-order valence-corrected chi connectivity index (χ1v) is 8.86. The van der Waals surface area contributed by atoms with Crippen LogP contribution in [-0.2, 0) is 22.3 Å². The summed E-state index contributed by atoms with van der Waals surface area (Å²) in [6.45, 7) is 4.25. The molecule has 1 N–H and O–H groups in total. The monoisotopic (exact) mass is 296 g/mol. The van der Waals surface area contributed by atoms with Gasteiger partial charge in [-0.15, -0.1) is 0 Å². The van der Waals surface area contributed by atoms with Crippen LogP contribution in [0.5, 0.6) is 0 Å². The fraction of sp³-hybridized carbons (Fsp3) is 0.600. The maximum atomic E-state index is 12.4. The molecule has 5 heteroatoms. The summed E-state index contributed by atoms with van der Waals surface area (Å²) in [5.74, 6) is 0.640. The van der Waals surface area contributed by atoms with E-state index >= 15 is 0 Å². The Hall–Kier alpha value is -0.910. The summed E-state index contributed by atoms with van der Waals surface area (Å²) in [7, 11) is -1.29. The highest BCUT2D eigenvalue weighted by molar-refractivity contribution is 7.88. The minimum Gasteiger partial charge on any atom is -0.316 e. The van der Waals surface area contributed by atoms with Crippen molar-refractivity contribution in [3.8, 4) is 0 Å². The lowest BCUT2D eigenvalue weighted by Gasteiger charge is -2.16. The van der Waals surface area contributed by atoms with Crippen LogP contribution < -0.4 is 5.32 Å². The molecule has 112 valence electrons. The molecule has 1 aliphatic heterocycles. The molecular weight excluding hydrogens is 272 g/mol. The molecule has 20 heavy (non-hydrogen) atoms. The van der Waals surface area contributed by atoms with Crippen LogP contribution in [0.1, 0.15) is 30.9 Å². The van der Waals surface area contributed by atoms with Gasteiger partial charge in [-0.3, -0.25) is 0 Å². The third-order valence-electron chi connectivity index (χ3n) is 3.94. The van der Waals surface area contributed by atoms with Crippen LogP contribution in [0.2, 0.25) is 0 Å². The van der Waals surface area contributed by atoms with Crippen molar-refractivity contribution in [2.45, 2.75) is 32.1 Å². The van der Waals surface area contributed by atoms with Gasteiger partial charge in [-0.2, -0.15) is 0 Å². The molecule has 1 unspecified atom stereocenters. The highest BCUT2D eigenvalue weighted by Gasteiger charge is 2.30. The topological polar surface area (TPSA) is 49.4 Å². The van der Waals surface area contributed by atoms with Crippen molar-refractivity contribution in [1.29, 1.82) is 0 Å². The Labute approximate surface area is 122 Å². The summed E-state index contributed by atoms with van der Waals surface area (Å²) in [5, 5.41) is 3.08. The highest BCUT2D eigenvalue weighted by atomic mass is 32.2. The number of benzene rings is 1. The van der Waals surface area contributed by atoms with Gasteiger partial charge < -0.3 is 5.32 Å². The molecule has 1 aromatic rings. The van der Waals surface area contributed by atoms with Crippen molar-refractivity contribution in [2.75, 3.05) is 20.1 Å². The zero-order valence-corrected chi connectivity index (χ0v) is 13.1. The van der Waals surface area contributed by atoms with E-state index in [1.54, 1.807) is 4.31 Å². The molecule has 0 aliphatic carbocycles. The van der Waals surface area contributed by atoms with Crippen LogP contribution in [0.4, 0.5) is 0 Å². The van der Waals surface area contributed by atoms with E-state index in [9.17, 15) is 8.42 Å². The molecule has 0 spiro atoms. The SMILES string of the molecule is CCC1CCN(S(=O)(=O)Cc2cccc(CNC)c2)C1. The molecule has 0 bridgehead atoms. The fourth-order valence-corrected chi connectivity index (χ4v) is 4.32. The number of rotatable bonds is 6. The number of sulfonamides is 1. The Balaban J connectivity index is 2.06. The zero-order chi connectivity index (χ0) is 14.6. The molecular formula is C15H24N2O2S. The van der Waals surface area contributed by atoms with Crippen LogP contribution in [0.15, 0.2) is 24.3 Å². The minimum absolute atomic E-state index is 0.112. The minimum atomic E-state index is -3.17. The third kappa shape index (κ3) is 3.81. The maximum Gasteiger partial charge on any atom is 0.218 e. The smallest absolute Gasteiger partial charge is 0.218 e. The van der Waals surface area contributed by atoms with Gasteiger partial charge in [0.1, 0.15) is 0 Å². The second-order valence-corrected chi connectivity index (χ2v) is 7.50. The molecule has 2 rings (SSSR count). The standard InChI is InChI=1S/C15H24N2O2S/c1-3-13-7-8-17(11-13)20(18,19)12-15-6-4-5-14(9-15)10-16-2/h4-6,9,13,16H,3,7-8,10-12H2,1-2H3. The molecule has 1 aromatic carbocycles. The van der Waals surface area contributed by atoms with Gasteiger partial charge in [0.2, 0.25) is 10.0 Å². The van der Waals surface area contributed by atoms with E-state index in [1.165, 1.54) is 0 Å². The summed E-state index contributed by atoms with van der Waals surface area (Å²) in [5.41, 5.74) is 1.99. The third-order valence-corrected chi connectivity index (χ3v) is 5.76. The quantitative estimate of drug-likeness (QED) is 0.873. The molecule has 1 aliphatic rings. The van der Waals surface area contributed by atoms with Crippen molar-refractivity contribution < 1.29 is 8.42 Å². The largest absolute Gasteiger partial charge is 0.316 e. The Morgan fingerprint density at radius 3 is 2.75 bits per heavy atom. The van der Waals surface area contributed by atoms with Gasteiger partial charge in [0.15, 0.2) is 0 Å². The van der Waals surface area contributed by atoms with E-state index in [0.717, 1.165) is 30.5 Å². The predicted octanol–water partition coefficient (Wildman–Crippen LogP) is 1.97. The van der Waals surface area contributed by atoms with Crippen LogP contribution in [0.25, 0.3) is 0 Å². The van der Waals surface area contributed by atoms with Crippen molar-refractivity contribution in [1.82, 2.24) is 9.62 Å². The lowest BCUT2D eigenvalue weighted by molar-refractivity contribution is 0.452. The Morgan fingerprint density at radius 2 is 2.10 bits per heavy atom. The van der Waals surface area contributed by atoms with Gasteiger partial charge in [0, 0.05) is 19.6 Å². The normalized spacial score (nSPS) is 20.4. The summed E-state index contributed by atoms with van der Waals surface area (Å²) >= 11 is 0. The van der Waals surface area contributed by atoms with Crippen LogP contribution >= 0.6 is 0 Å². The Kier molecular flexibility index (Phi) is 5.18. The number of nitrogens with one attached hydrogen (secondary N) is 1. The second kappa shape index (κ2) is 6.70. The van der Waals surface area contributed by atoms with Crippen molar-refractivity contribution in [3.05, 3.63) is 35.4 Å². The van der Waals surface area contributed by atoms with Crippen LogP contribution in [0, 0.1) is 5.92 Å². The second-order valence-electron chi connectivity index (χ2n) is 5.53. The Bertz CT molecular complexity index is 543. The Morgan fingerprint density at radius 1 is 1.35 bits per heavy atom. The molecule has 1 atom stereocenters. The lowest BCUT2D eigenvalue weighted by Crippen LogP contribution is -2.30. The van der Waals surface area contributed by atoms with E-state index < -0.39 is 10.0 Å². The number of hydrogen-bond donors (Lipinski definition) is 1. The van der Waals surface area contributed by atoms with E-state index in [4.69, 9.17) is 0 Å². The van der Waals surface area contributed by atoms with Gasteiger partial charge in [-0.25, -0.2) is 12.7 Å². The molecule has 0 amide bonds. The molecule has 4 nitrogen and oxygen atoms in total. The first-order chi connectivity index (χ1) is 9.55. The molecule has 0 aromatic heterocycles. The summed E-state index contributed by atoms with van der Waals surface area (Å²) in [4.78, 5) is 0. The van der Waals surface area contributed by atoms with E-state index in [-0.39, 0.29) is 5.75 Å². The summed E-state index contributed by atoms with van der Waals surface area (Å²) < 4.78 is 26.5. The lowest BCUT2D eigenvalue weighted by atomic mass is 10.1. The number of nitrogens with zero attached hydrogens (tertiary/aromatic N) is 1. The van der Waals surface area contributed by atoms with Gasteiger partial charge in [0.25, 0.3) is 0 Å². The van der Waals surface area contributed by atoms with Gasteiger partial charge >= 0.3 is 0 Å². The summed E-state index contributed by atoms with van der Waals surface area (Å²) in [6, 6.07) is 7.80. The van der Waals surface area contributed by atoms with Crippen LogP contribution in [-0.4, -0.2) is 32.9 Å². The van der Waals surface area contributed by atoms with Gasteiger partial charge in [-0.05, 0) is 30.5 Å². The first kappa shape index (κ1) is 15.5. The van der Waals surface area contributed by atoms with E-state index in [2.05, 4.69) is 12.2 Å². The highest BCUT2D eigenvalue weighted by Crippen LogP contribution is 2.23. The predicted molar refractivity (Wildman–Crippen MR) is 81.8 cm³/mol. The van der Waals surface area contributed by atoms with Crippen molar-refractivity contribution in [3.63, 3.8) is 0 Å². The molecule has 0 radical (unpaired) electrons. The van der Waals surface area contributed by atoms with E-state index in [1.807, 2.05) is 31.3 Å².